The molecule has 0 unspecified atom stereocenters. The summed E-state index contributed by atoms with van der Waals surface area (Å²) in [5.74, 6) is 0. The molecule has 23 heavy (non-hydrogen) atoms. The third-order valence-corrected chi connectivity index (χ3v) is 6.23. The van der Waals surface area contributed by atoms with Crippen LogP contribution in [0.4, 0.5) is 10.5 Å². The fourth-order valence-electron chi connectivity index (χ4n) is 2.89. The Labute approximate surface area is 136 Å². The van der Waals surface area contributed by atoms with Gasteiger partial charge in [0.2, 0.25) is 10.0 Å². The van der Waals surface area contributed by atoms with Gasteiger partial charge >= 0.3 is 6.09 Å². The summed E-state index contributed by atoms with van der Waals surface area (Å²) in [4.78, 5) is 11.9. The van der Waals surface area contributed by atoms with Crippen molar-refractivity contribution in [2.24, 2.45) is 0 Å². The number of sulfonamides is 1. The van der Waals surface area contributed by atoms with Gasteiger partial charge in [-0.15, -0.1) is 0 Å². The first-order valence-electron chi connectivity index (χ1n) is 8.07. The van der Waals surface area contributed by atoms with Crippen LogP contribution in [-0.4, -0.2) is 31.9 Å². The maximum Gasteiger partial charge on any atom is 0.411 e. The van der Waals surface area contributed by atoms with Crippen molar-refractivity contribution >= 4 is 21.8 Å². The van der Waals surface area contributed by atoms with E-state index in [1.165, 1.54) is 0 Å². The van der Waals surface area contributed by atoms with Crippen LogP contribution in [0.25, 0.3) is 0 Å². The number of carbonyl (C=O) groups excluding carboxylic acids is 1. The molecule has 2 fully saturated rings. The molecule has 0 radical (unpaired) electrons. The number of para-hydroxylation sites is 1. The number of hydrogen-bond donors (Lipinski definition) is 2. The number of amides is 1. The summed E-state index contributed by atoms with van der Waals surface area (Å²) in [5.41, 5.74) is 0.680. The molecule has 7 heteroatoms. The average Bonchev–Trinajstić information content (AvgIpc) is 3.33. The Balaban J connectivity index is 1.49. The molecule has 0 saturated heterocycles. The van der Waals surface area contributed by atoms with E-state index >= 15 is 0 Å². The Kier molecular flexibility index (Phi) is 4.87. The molecule has 1 amide bonds. The van der Waals surface area contributed by atoms with Gasteiger partial charge in [-0.05, 0) is 44.2 Å². The summed E-state index contributed by atoms with van der Waals surface area (Å²) in [6.45, 7) is 0. The minimum Gasteiger partial charge on any atom is -0.446 e. The van der Waals surface area contributed by atoms with E-state index in [0.717, 1.165) is 32.1 Å². The lowest BCUT2D eigenvalue weighted by Crippen LogP contribution is -2.42. The van der Waals surface area contributed by atoms with E-state index < -0.39 is 16.1 Å². The summed E-state index contributed by atoms with van der Waals surface area (Å²) in [6.07, 6.45) is 3.71. The number of hydrogen-bond acceptors (Lipinski definition) is 4. The van der Waals surface area contributed by atoms with Crippen LogP contribution in [0.15, 0.2) is 30.3 Å². The number of carbonyl (C=O) groups is 1. The van der Waals surface area contributed by atoms with Gasteiger partial charge in [-0.1, -0.05) is 18.2 Å². The first-order chi connectivity index (χ1) is 11.0. The van der Waals surface area contributed by atoms with Gasteiger partial charge in [0.25, 0.3) is 0 Å². The van der Waals surface area contributed by atoms with Crippen molar-refractivity contribution in [2.45, 2.75) is 55.9 Å². The second kappa shape index (κ2) is 6.88. The summed E-state index contributed by atoms with van der Waals surface area (Å²) in [7, 11) is -3.19. The van der Waals surface area contributed by atoms with Crippen LogP contribution in [-0.2, 0) is 14.8 Å². The molecule has 2 aliphatic rings. The molecule has 1 aromatic rings. The molecule has 3 rings (SSSR count). The molecular formula is C16H22N2O4S. The van der Waals surface area contributed by atoms with Crippen molar-refractivity contribution in [3.05, 3.63) is 30.3 Å². The second-order valence-electron chi connectivity index (χ2n) is 6.24. The van der Waals surface area contributed by atoms with Crippen LogP contribution in [0.5, 0.6) is 0 Å². The number of anilines is 1. The molecular weight excluding hydrogens is 316 g/mol. The fraction of sp³-hybridized carbons (Fsp3) is 0.562. The third kappa shape index (κ3) is 4.68. The fourth-order valence-corrected chi connectivity index (χ4v) is 4.51. The van der Waals surface area contributed by atoms with Gasteiger partial charge in [-0.25, -0.2) is 17.9 Å². The van der Waals surface area contributed by atoms with Crippen molar-refractivity contribution < 1.29 is 17.9 Å². The maximum absolute atomic E-state index is 12.0. The van der Waals surface area contributed by atoms with Crippen molar-refractivity contribution in [1.82, 2.24) is 4.72 Å². The molecule has 1 aromatic carbocycles. The standard InChI is InChI=1S/C16H22N2O4S/c19-16(17-12-5-2-1-3-6-12)22-14-8-4-7-13(11-14)18-23(20,21)15-9-10-15/h1-3,5-6,13-15,18H,4,7-11H2,(H,17,19)/t13-,14+/m0/s1. The van der Waals surface area contributed by atoms with Crippen LogP contribution in [0.3, 0.4) is 0 Å². The van der Waals surface area contributed by atoms with Gasteiger partial charge in [0, 0.05) is 18.2 Å². The largest absolute Gasteiger partial charge is 0.446 e. The molecule has 0 heterocycles. The highest BCUT2D eigenvalue weighted by atomic mass is 32.2. The molecule has 0 spiro atoms. The van der Waals surface area contributed by atoms with Crippen LogP contribution >= 0.6 is 0 Å². The normalized spacial score (nSPS) is 24.9. The number of nitrogens with one attached hydrogen (secondary N) is 2. The summed E-state index contributed by atoms with van der Waals surface area (Å²) >= 11 is 0. The van der Waals surface area contributed by atoms with Gasteiger partial charge in [-0.2, -0.15) is 0 Å². The molecule has 6 nitrogen and oxygen atoms in total. The first kappa shape index (κ1) is 16.3. The molecule has 126 valence electrons. The lowest BCUT2D eigenvalue weighted by Gasteiger charge is -2.29. The molecule has 2 N–H and O–H groups in total. The monoisotopic (exact) mass is 338 g/mol. The Morgan fingerprint density at radius 3 is 2.52 bits per heavy atom. The molecule has 2 aliphatic carbocycles. The highest BCUT2D eigenvalue weighted by Gasteiger charge is 2.38. The van der Waals surface area contributed by atoms with Gasteiger partial charge in [0.05, 0.1) is 5.25 Å². The molecule has 2 saturated carbocycles. The average molecular weight is 338 g/mol. The van der Waals surface area contributed by atoms with Gasteiger partial charge in [0.15, 0.2) is 0 Å². The molecule has 0 bridgehead atoms. The lowest BCUT2D eigenvalue weighted by molar-refractivity contribution is 0.0793. The van der Waals surface area contributed by atoms with E-state index in [-0.39, 0.29) is 17.4 Å². The minimum absolute atomic E-state index is 0.135. The summed E-state index contributed by atoms with van der Waals surface area (Å²) in [6, 6.07) is 8.97. The van der Waals surface area contributed by atoms with Crippen LogP contribution in [0.1, 0.15) is 38.5 Å². The Morgan fingerprint density at radius 1 is 1.09 bits per heavy atom. The first-order valence-corrected chi connectivity index (χ1v) is 9.61. The van der Waals surface area contributed by atoms with Gasteiger partial charge < -0.3 is 4.74 Å². The molecule has 0 aliphatic heterocycles. The van der Waals surface area contributed by atoms with Crippen molar-refractivity contribution in [3.63, 3.8) is 0 Å². The van der Waals surface area contributed by atoms with E-state index in [4.69, 9.17) is 4.74 Å². The van der Waals surface area contributed by atoms with E-state index in [1.807, 2.05) is 18.2 Å². The highest BCUT2D eigenvalue weighted by Crippen LogP contribution is 2.29. The van der Waals surface area contributed by atoms with E-state index in [0.29, 0.717) is 12.1 Å². The highest BCUT2D eigenvalue weighted by molar-refractivity contribution is 7.90. The Hall–Kier alpha value is -1.60. The molecule has 2 atom stereocenters. The Morgan fingerprint density at radius 2 is 1.83 bits per heavy atom. The number of benzene rings is 1. The topological polar surface area (TPSA) is 84.5 Å². The SMILES string of the molecule is O=C(Nc1ccccc1)O[C@@H]1CCC[C@H](NS(=O)(=O)C2CC2)C1. The molecule has 0 aromatic heterocycles. The Bertz CT molecular complexity index is 643. The second-order valence-corrected chi connectivity index (χ2v) is 8.24. The van der Waals surface area contributed by atoms with E-state index in [2.05, 4.69) is 10.0 Å². The zero-order valence-corrected chi connectivity index (χ0v) is 13.7. The van der Waals surface area contributed by atoms with Crippen LogP contribution < -0.4 is 10.0 Å². The smallest absolute Gasteiger partial charge is 0.411 e. The quantitative estimate of drug-likeness (QED) is 0.864. The minimum atomic E-state index is -3.19. The predicted molar refractivity (Wildman–Crippen MR) is 87.7 cm³/mol. The van der Waals surface area contributed by atoms with Gasteiger partial charge in [-0.3, -0.25) is 5.32 Å². The van der Waals surface area contributed by atoms with Crippen LogP contribution in [0.2, 0.25) is 0 Å². The summed E-state index contributed by atoms with van der Waals surface area (Å²) < 4.78 is 32.2. The maximum atomic E-state index is 12.0. The predicted octanol–water partition coefficient (Wildman–Crippen LogP) is 2.63. The van der Waals surface area contributed by atoms with E-state index in [1.54, 1.807) is 12.1 Å². The third-order valence-electron chi connectivity index (χ3n) is 4.21. The van der Waals surface area contributed by atoms with Crippen molar-refractivity contribution in [2.75, 3.05) is 5.32 Å². The number of rotatable bonds is 5. The zero-order valence-electron chi connectivity index (χ0n) is 12.9. The summed E-state index contributed by atoms with van der Waals surface area (Å²) in [5, 5.41) is 2.46. The van der Waals surface area contributed by atoms with Gasteiger partial charge in [0.1, 0.15) is 6.10 Å². The number of ether oxygens (including phenoxy) is 1. The zero-order chi connectivity index (χ0) is 16.3. The van der Waals surface area contributed by atoms with Crippen molar-refractivity contribution in [1.29, 1.82) is 0 Å². The van der Waals surface area contributed by atoms with E-state index in [9.17, 15) is 13.2 Å². The van der Waals surface area contributed by atoms with Crippen molar-refractivity contribution in [3.8, 4) is 0 Å². The lowest BCUT2D eigenvalue weighted by atomic mass is 9.94. The van der Waals surface area contributed by atoms with Crippen LogP contribution in [0, 0.1) is 0 Å².